The molecule has 2 N–H and O–H groups in total. The Morgan fingerprint density at radius 3 is 2.64 bits per heavy atom. The molecule has 2 unspecified atom stereocenters. The van der Waals surface area contributed by atoms with Gasteiger partial charge in [-0.2, -0.15) is 0 Å². The smallest absolute Gasteiger partial charge is 0.127 e. The van der Waals surface area contributed by atoms with Gasteiger partial charge in [0.05, 0.1) is 0 Å². The highest BCUT2D eigenvalue weighted by Gasteiger charge is 2.46. The van der Waals surface area contributed by atoms with Gasteiger partial charge in [-0.1, -0.05) is 36.4 Å². The first-order valence-corrected chi connectivity index (χ1v) is 10.0. The van der Waals surface area contributed by atoms with Gasteiger partial charge in [0.15, 0.2) is 0 Å². The second-order valence-corrected chi connectivity index (χ2v) is 8.45. The quantitative estimate of drug-likeness (QED) is 0.643. The number of rotatable bonds is 3. The number of fused-ring (bicyclic) bond motifs is 3. The highest BCUT2D eigenvalue weighted by atomic mass is 16.5. The molecular weight excluding hydrogens is 348 g/mol. The van der Waals surface area contributed by atoms with Crippen LogP contribution in [0.15, 0.2) is 65.9 Å². The van der Waals surface area contributed by atoms with E-state index in [4.69, 9.17) is 4.74 Å². The first-order valence-electron chi connectivity index (χ1n) is 10.0. The Morgan fingerprint density at radius 2 is 1.93 bits per heavy atom. The summed E-state index contributed by atoms with van der Waals surface area (Å²) in [6.45, 7) is 6.10. The molecule has 3 heteroatoms. The van der Waals surface area contributed by atoms with Crippen LogP contribution in [0.3, 0.4) is 0 Å². The fraction of sp³-hybridized carbons (Fsp3) is 0.360. The third kappa shape index (κ3) is 3.30. The number of aromatic hydroxyl groups is 1. The molecule has 0 spiro atoms. The van der Waals surface area contributed by atoms with Crippen molar-refractivity contribution in [2.24, 2.45) is 5.92 Å². The fourth-order valence-electron chi connectivity index (χ4n) is 4.78. The molecule has 2 aliphatic rings. The maximum Gasteiger partial charge on any atom is 0.127 e. The van der Waals surface area contributed by atoms with Crippen molar-refractivity contribution < 1.29 is 14.9 Å². The van der Waals surface area contributed by atoms with E-state index in [1.807, 2.05) is 31.2 Å². The lowest BCUT2D eigenvalue weighted by atomic mass is 9.66. The zero-order chi connectivity index (χ0) is 19.9. The Morgan fingerprint density at radius 1 is 1.18 bits per heavy atom. The van der Waals surface area contributed by atoms with Crippen molar-refractivity contribution in [1.29, 1.82) is 0 Å². The fourth-order valence-corrected chi connectivity index (χ4v) is 4.78. The standard InChI is InChI=1S/C25H28O3/c1-4-21(26)18-10-11-20-19(15-18)24-22(27)13-17(12-16-8-6-5-7-9-16)14-23(24)28-25(20,2)3/h4-10,13-14,19-20,26-27H,11-12,15H2,1-3H3/b21-4-. The Labute approximate surface area is 167 Å². The van der Waals surface area contributed by atoms with Crippen LogP contribution in [0.2, 0.25) is 0 Å². The molecule has 0 saturated carbocycles. The second-order valence-electron chi connectivity index (χ2n) is 8.45. The van der Waals surface area contributed by atoms with E-state index in [9.17, 15) is 10.2 Å². The topological polar surface area (TPSA) is 49.7 Å². The number of phenolic OH excluding ortho intramolecular Hbond substituents is 1. The average molecular weight is 376 g/mol. The molecule has 0 saturated heterocycles. The van der Waals surface area contributed by atoms with Gasteiger partial charge in [0.2, 0.25) is 0 Å². The van der Waals surface area contributed by atoms with E-state index in [1.165, 1.54) is 5.56 Å². The van der Waals surface area contributed by atoms with E-state index in [-0.39, 0.29) is 17.4 Å². The molecule has 1 aliphatic heterocycles. The SMILES string of the molecule is C/C=C(\O)C1=CCC2C(C1)c1c(O)cc(Cc3ccccc3)cc1OC2(C)C. The van der Waals surface area contributed by atoms with Gasteiger partial charge in [-0.3, -0.25) is 0 Å². The third-order valence-electron chi connectivity index (χ3n) is 6.21. The lowest BCUT2D eigenvalue weighted by Gasteiger charge is -2.47. The highest BCUT2D eigenvalue weighted by molar-refractivity contribution is 5.54. The number of ether oxygens (including phenoxy) is 1. The molecule has 4 rings (SSSR count). The van der Waals surface area contributed by atoms with E-state index >= 15 is 0 Å². The van der Waals surface area contributed by atoms with Gasteiger partial charge in [-0.15, -0.1) is 0 Å². The summed E-state index contributed by atoms with van der Waals surface area (Å²) in [4.78, 5) is 0. The summed E-state index contributed by atoms with van der Waals surface area (Å²) in [5, 5.41) is 21.2. The highest BCUT2D eigenvalue weighted by Crippen LogP contribution is 2.54. The monoisotopic (exact) mass is 376 g/mol. The van der Waals surface area contributed by atoms with Crippen molar-refractivity contribution in [3.63, 3.8) is 0 Å². The molecule has 0 amide bonds. The number of benzene rings is 2. The molecule has 0 fully saturated rings. The van der Waals surface area contributed by atoms with Crippen LogP contribution in [-0.2, 0) is 6.42 Å². The van der Waals surface area contributed by atoms with Gasteiger partial charge in [0, 0.05) is 17.4 Å². The number of hydrogen-bond donors (Lipinski definition) is 2. The number of aliphatic hydroxyl groups excluding tert-OH is 1. The van der Waals surface area contributed by atoms with Crippen molar-refractivity contribution in [1.82, 2.24) is 0 Å². The van der Waals surface area contributed by atoms with Crippen molar-refractivity contribution in [3.05, 3.63) is 82.6 Å². The van der Waals surface area contributed by atoms with Gasteiger partial charge >= 0.3 is 0 Å². The molecule has 3 nitrogen and oxygen atoms in total. The van der Waals surface area contributed by atoms with Gasteiger partial charge in [-0.25, -0.2) is 0 Å². The zero-order valence-corrected chi connectivity index (χ0v) is 16.8. The molecule has 2 aromatic carbocycles. The number of hydrogen-bond acceptors (Lipinski definition) is 3. The van der Waals surface area contributed by atoms with Gasteiger partial charge < -0.3 is 14.9 Å². The van der Waals surface area contributed by atoms with Crippen LogP contribution < -0.4 is 4.74 Å². The molecule has 0 aromatic heterocycles. The normalized spacial score (nSPS) is 23.2. The first-order chi connectivity index (χ1) is 13.4. The van der Waals surface area contributed by atoms with Crippen LogP contribution in [0.5, 0.6) is 11.5 Å². The summed E-state index contributed by atoms with van der Waals surface area (Å²) in [7, 11) is 0. The molecule has 146 valence electrons. The Bertz CT molecular complexity index is 938. The predicted molar refractivity (Wildman–Crippen MR) is 112 cm³/mol. The van der Waals surface area contributed by atoms with Crippen molar-refractivity contribution in [2.75, 3.05) is 0 Å². The van der Waals surface area contributed by atoms with E-state index in [0.717, 1.165) is 35.3 Å². The van der Waals surface area contributed by atoms with E-state index in [0.29, 0.717) is 17.9 Å². The lowest BCUT2D eigenvalue weighted by molar-refractivity contribution is 0.00731. The summed E-state index contributed by atoms with van der Waals surface area (Å²) >= 11 is 0. The molecule has 1 heterocycles. The minimum absolute atomic E-state index is 0.131. The van der Waals surface area contributed by atoms with Crippen LogP contribution >= 0.6 is 0 Å². The van der Waals surface area contributed by atoms with Crippen LogP contribution in [0.1, 0.15) is 56.2 Å². The van der Waals surface area contributed by atoms with Crippen LogP contribution in [0, 0.1) is 5.92 Å². The molecular formula is C25H28O3. The second kappa shape index (κ2) is 7.05. The third-order valence-corrected chi connectivity index (χ3v) is 6.21. The largest absolute Gasteiger partial charge is 0.508 e. The Hall–Kier alpha value is -2.68. The minimum atomic E-state index is -0.330. The van der Waals surface area contributed by atoms with Crippen molar-refractivity contribution >= 4 is 0 Å². The van der Waals surface area contributed by atoms with Crippen molar-refractivity contribution in [2.45, 2.75) is 51.6 Å². The first kappa shape index (κ1) is 18.7. The van der Waals surface area contributed by atoms with Gasteiger partial charge in [-0.05, 0) is 74.9 Å². The molecule has 2 atom stereocenters. The van der Waals surface area contributed by atoms with Gasteiger partial charge in [0.1, 0.15) is 22.9 Å². The molecule has 0 bridgehead atoms. The predicted octanol–water partition coefficient (Wildman–Crippen LogP) is 6.04. The zero-order valence-electron chi connectivity index (χ0n) is 16.8. The minimum Gasteiger partial charge on any atom is -0.508 e. The van der Waals surface area contributed by atoms with Crippen molar-refractivity contribution in [3.8, 4) is 11.5 Å². The number of aliphatic hydroxyl groups is 1. The average Bonchev–Trinajstić information content (AvgIpc) is 2.67. The van der Waals surface area contributed by atoms with Gasteiger partial charge in [0.25, 0.3) is 0 Å². The molecule has 2 aromatic rings. The van der Waals surface area contributed by atoms with E-state index in [2.05, 4.69) is 38.1 Å². The van der Waals surface area contributed by atoms with E-state index < -0.39 is 0 Å². The van der Waals surface area contributed by atoms with E-state index in [1.54, 1.807) is 6.08 Å². The lowest BCUT2D eigenvalue weighted by Crippen LogP contribution is -2.45. The summed E-state index contributed by atoms with van der Waals surface area (Å²) in [6, 6.07) is 14.2. The van der Waals surface area contributed by atoms with Crippen LogP contribution in [0.25, 0.3) is 0 Å². The molecule has 1 aliphatic carbocycles. The number of phenols is 1. The summed E-state index contributed by atoms with van der Waals surface area (Å²) < 4.78 is 6.40. The van der Waals surface area contributed by atoms with Crippen LogP contribution in [-0.4, -0.2) is 15.8 Å². The Balaban J connectivity index is 1.73. The van der Waals surface area contributed by atoms with Crippen LogP contribution in [0.4, 0.5) is 0 Å². The number of allylic oxidation sites excluding steroid dienone is 3. The molecule has 28 heavy (non-hydrogen) atoms. The Kier molecular flexibility index (Phi) is 4.70. The maximum absolute atomic E-state index is 10.9. The molecule has 0 radical (unpaired) electrons. The summed E-state index contributed by atoms with van der Waals surface area (Å²) in [5.74, 6) is 1.81. The summed E-state index contributed by atoms with van der Waals surface area (Å²) in [5.41, 5.74) is 3.76. The summed E-state index contributed by atoms with van der Waals surface area (Å²) in [6.07, 6.45) is 6.15. The maximum atomic E-state index is 10.9.